The molecule has 1 aromatic heterocycles. The van der Waals surface area contributed by atoms with Crippen molar-refractivity contribution < 1.29 is 0 Å². The van der Waals surface area contributed by atoms with Crippen LogP contribution in [0, 0.1) is 0 Å². The van der Waals surface area contributed by atoms with Crippen LogP contribution in [0.5, 0.6) is 0 Å². The predicted octanol–water partition coefficient (Wildman–Crippen LogP) is 2.80. The first-order valence-corrected chi connectivity index (χ1v) is 4.48. The summed E-state index contributed by atoms with van der Waals surface area (Å²) in [5.41, 5.74) is 6.53. The van der Waals surface area contributed by atoms with Crippen molar-refractivity contribution in [2.45, 2.75) is 19.4 Å². The molecular formula is C8H10Cl2N2. The Morgan fingerprint density at radius 1 is 1.50 bits per heavy atom. The number of hydrogen-bond donors (Lipinski definition) is 1. The van der Waals surface area contributed by atoms with Gasteiger partial charge in [-0.25, -0.2) is 4.98 Å². The molecule has 2 N–H and O–H groups in total. The van der Waals surface area contributed by atoms with Crippen molar-refractivity contribution in [2.24, 2.45) is 5.73 Å². The molecule has 1 rings (SSSR count). The number of rotatable bonds is 2. The molecule has 1 aromatic rings. The summed E-state index contributed by atoms with van der Waals surface area (Å²) in [6, 6.07) is 3.45. The lowest BCUT2D eigenvalue weighted by atomic mass is 10.1. The van der Waals surface area contributed by atoms with E-state index in [9.17, 15) is 0 Å². The van der Waals surface area contributed by atoms with Crippen LogP contribution >= 0.6 is 23.2 Å². The van der Waals surface area contributed by atoms with Gasteiger partial charge in [0.25, 0.3) is 0 Å². The second-order valence-electron chi connectivity index (χ2n) is 2.52. The predicted molar refractivity (Wildman–Crippen MR) is 51.5 cm³/mol. The highest BCUT2D eigenvalue weighted by Gasteiger charge is 2.06. The maximum atomic E-state index is 5.75. The standard InChI is InChI=1S/C8H10Cl2N2/c1-2-6(11)7-4-3-5(9)8(10)12-7/h3-4,6H,2,11H2,1H3/t6-/m0/s1. The third kappa shape index (κ3) is 2.09. The van der Waals surface area contributed by atoms with Gasteiger partial charge in [-0.1, -0.05) is 30.1 Å². The summed E-state index contributed by atoms with van der Waals surface area (Å²) in [6.07, 6.45) is 0.838. The normalized spacial score (nSPS) is 13.0. The first-order valence-electron chi connectivity index (χ1n) is 3.72. The number of hydrogen-bond acceptors (Lipinski definition) is 2. The highest BCUT2D eigenvalue weighted by molar-refractivity contribution is 6.41. The lowest BCUT2D eigenvalue weighted by Crippen LogP contribution is -2.10. The Balaban J connectivity index is 2.96. The van der Waals surface area contributed by atoms with Crippen LogP contribution in [0.3, 0.4) is 0 Å². The van der Waals surface area contributed by atoms with Crippen molar-refractivity contribution in [2.75, 3.05) is 0 Å². The van der Waals surface area contributed by atoms with Crippen LogP contribution in [-0.4, -0.2) is 4.98 Å². The molecule has 0 fully saturated rings. The maximum Gasteiger partial charge on any atom is 0.147 e. The molecule has 0 spiro atoms. The number of halogens is 2. The van der Waals surface area contributed by atoms with Gasteiger partial charge >= 0.3 is 0 Å². The largest absolute Gasteiger partial charge is 0.323 e. The summed E-state index contributed by atoms with van der Waals surface area (Å²) in [7, 11) is 0. The van der Waals surface area contributed by atoms with Crippen molar-refractivity contribution in [3.63, 3.8) is 0 Å². The van der Waals surface area contributed by atoms with Crippen LogP contribution < -0.4 is 5.73 Å². The molecule has 0 aliphatic rings. The summed E-state index contributed by atoms with van der Waals surface area (Å²) in [5.74, 6) is 0. The average Bonchev–Trinajstić information content (AvgIpc) is 2.08. The molecule has 0 amide bonds. The molecule has 12 heavy (non-hydrogen) atoms. The van der Waals surface area contributed by atoms with E-state index in [4.69, 9.17) is 28.9 Å². The summed E-state index contributed by atoms with van der Waals surface area (Å²) in [4.78, 5) is 4.05. The fourth-order valence-corrected chi connectivity index (χ4v) is 1.11. The summed E-state index contributed by atoms with van der Waals surface area (Å²) >= 11 is 11.4. The minimum absolute atomic E-state index is 0.0558. The van der Waals surface area contributed by atoms with Gasteiger partial charge in [0.05, 0.1) is 10.7 Å². The molecule has 0 radical (unpaired) electrons. The zero-order valence-electron chi connectivity index (χ0n) is 6.72. The average molecular weight is 205 g/mol. The summed E-state index contributed by atoms with van der Waals surface area (Å²) in [5, 5.41) is 0.779. The molecule has 66 valence electrons. The van der Waals surface area contributed by atoms with Gasteiger partial charge < -0.3 is 5.73 Å². The lowest BCUT2D eigenvalue weighted by Gasteiger charge is -2.07. The minimum Gasteiger partial charge on any atom is -0.323 e. The van der Waals surface area contributed by atoms with E-state index in [1.165, 1.54) is 0 Å². The van der Waals surface area contributed by atoms with Crippen molar-refractivity contribution >= 4 is 23.2 Å². The first kappa shape index (κ1) is 9.78. The topological polar surface area (TPSA) is 38.9 Å². The van der Waals surface area contributed by atoms with E-state index >= 15 is 0 Å². The summed E-state index contributed by atoms with van der Waals surface area (Å²) in [6.45, 7) is 1.99. The molecule has 2 nitrogen and oxygen atoms in total. The van der Waals surface area contributed by atoms with E-state index in [0.29, 0.717) is 10.2 Å². The van der Waals surface area contributed by atoms with Crippen molar-refractivity contribution in [3.8, 4) is 0 Å². The molecule has 0 bridgehead atoms. The van der Waals surface area contributed by atoms with Gasteiger partial charge in [0.15, 0.2) is 0 Å². The molecule has 0 unspecified atom stereocenters. The Hall–Kier alpha value is -0.310. The molecule has 0 aliphatic carbocycles. The maximum absolute atomic E-state index is 5.75. The smallest absolute Gasteiger partial charge is 0.147 e. The monoisotopic (exact) mass is 204 g/mol. The van der Waals surface area contributed by atoms with Crippen LogP contribution in [0.4, 0.5) is 0 Å². The van der Waals surface area contributed by atoms with Crippen molar-refractivity contribution in [1.82, 2.24) is 4.98 Å². The van der Waals surface area contributed by atoms with E-state index in [0.717, 1.165) is 12.1 Å². The van der Waals surface area contributed by atoms with Crippen molar-refractivity contribution in [3.05, 3.63) is 28.0 Å². The molecule has 1 atom stereocenters. The number of aromatic nitrogens is 1. The Morgan fingerprint density at radius 2 is 2.17 bits per heavy atom. The van der Waals surface area contributed by atoms with Gasteiger partial charge in [-0.3, -0.25) is 0 Å². The number of nitrogens with zero attached hydrogens (tertiary/aromatic N) is 1. The highest BCUT2D eigenvalue weighted by Crippen LogP contribution is 2.21. The van der Waals surface area contributed by atoms with Gasteiger partial charge in [-0.05, 0) is 18.6 Å². The van der Waals surface area contributed by atoms with E-state index in [1.807, 2.05) is 6.92 Å². The third-order valence-corrected chi connectivity index (χ3v) is 2.33. The lowest BCUT2D eigenvalue weighted by molar-refractivity contribution is 0.676. The van der Waals surface area contributed by atoms with E-state index < -0.39 is 0 Å². The second-order valence-corrected chi connectivity index (χ2v) is 3.29. The third-order valence-electron chi connectivity index (χ3n) is 1.64. The fourth-order valence-electron chi connectivity index (χ4n) is 0.847. The van der Waals surface area contributed by atoms with Gasteiger partial charge in [0.1, 0.15) is 5.15 Å². The SMILES string of the molecule is CC[C@H](N)c1ccc(Cl)c(Cl)n1. The molecule has 1 heterocycles. The molecule has 0 aromatic carbocycles. The molecule has 0 aliphatic heterocycles. The van der Waals surface area contributed by atoms with E-state index in [-0.39, 0.29) is 6.04 Å². The van der Waals surface area contributed by atoms with Crippen LogP contribution in [0.2, 0.25) is 10.2 Å². The van der Waals surface area contributed by atoms with E-state index in [1.54, 1.807) is 12.1 Å². The Bertz CT molecular complexity index is 276. The van der Waals surface area contributed by atoms with E-state index in [2.05, 4.69) is 4.98 Å². The number of nitrogens with two attached hydrogens (primary N) is 1. The second kappa shape index (κ2) is 4.08. The molecule has 0 saturated heterocycles. The zero-order chi connectivity index (χ0) is 9.14. The van der Waals surface area contributed by atoms with Gasteiger partial charge in [-0.15, -0.1) is 0 Å². The van der Waals surface area contributed by atoms with Crippen molar-refractivity contribution in [1.29, 1.82) is 0 Å². The Morgan fingerprint density at radius 3 is 2.67 bits per heavy atom. The van der Waals surface area contributed by atoms with Crippen LogP contribution in [0.15, 0.2) is 12.1 Å². The molecular weight excluding hydrogens is 195 g/mol. The minimum atomic E-state index is -0.0558. The van der Waals surface area contributed by atoms with Gasteiger partial charge in [0, 0.05) is 6.04 Å². The molecule has 4 heteroatoms. The number of pyridine rings is 1. The van der Waals surface area contributed by atoms with Crippen LogP contribution in [-0.2, 0) is 0 Å². The summed E-state index contributed by atoms with van der Waals surface area (Å²) < 4.78 is 0. The highest BCUT2D eigenvalue weighted by atomic mass is 35.5. The van der Waals surface area contributed by atoms with Crippen LogP contribution in [0.25, 0.3) is 0 Å². The van der Waals surface area contributed by atoms with Gasteiger partial charge in [0.2, 0.25) is 0 Å². The van der Waals surface area contributed by atoms with Gasteiger partial charge in [-0.2, -0.15) is 0 Å². The first-order chi connectivity index (χ1) is 5.65. The van der Waals surface area contributed by atoms with Crippen LogP contribution in [0.1, 0.15) is 25.1 Å². The molecule has 0 saturated carbocycles. The zero-order valence-corrected chi connectivity index (χ0v) is 8.23. The Kier molecular flexibility index (Phi) is 3.32. The quantitative estimate of drug-likeness (QED) is 0.754. The fraction of sp³-hybridized carbons (Fsp3) is 0.375. The Labute approximate surface area is 81.7 Å².